The van der Waals surface area contributed by atoms with Gasteiger partial charge in [0.15, 0.2) is 0 Å². The third-order valence-electron chi connectivity index (χ3n) is 4.06. The Kier molecular flexibility index (Phi) is 15.7. The zero-order chi connectivity index (χ0) is 18.9. The Hall–Kier alpha value is -1.10. The molecule has 25 heavy (non-hydrogen) atoms. The number of carbonyl (C=O) groups excluding carboxylic acids is 1. The van der Waals surface area contributed by atoms with Gasteiger partial charge in [-0.2, -0.15) is 0 Å². The summed E-state index contributed by atoms with van der Waals surface area (Å²) in [6.45, 7) is 7.36. The van der Waals surface area contributed by atoms with Gasteiger partial charge in [-0.25, -0.2) is 0 Å². The van der Waals surface area contributed by atoms with Gasteiger partial charge >= 0.3 is 11.9 Å². The molecule has 0 aliphatic rings. The van der Waals surface area contributed by atoms with E-state index in [1.165, 1.54) is 44.9 Å². The average molecular weight is 359 g/mol. The Morgan fingerprint density at radius 3 is 2.08 bits per heavy atom. The van der Waals surface area contributed by atoms with Crippen molar-refractivity contribution in [3.05, 3.63) is 0 Å². The number of rotatable bonds is 17. The normalized spacial score (nSPS) is 12.3. The molecule has 148 valence electrons. The van der Waals surface area contributed by atoms with Crippen LogP contribution in [0.3, 0.4) is 0 Å². The lowest BCUT2D eigenvalue weighted by molar-refractivity contribution is -0.151. The summed E-state index contributed by atoms with van der Waals surface area (Å²) in [5.41, 5.74) is 0. The first-order valence-corrected chi connectivity index (χ1v) is 9.94. The van der Waals surface area contributed by atoms with Crippen LogP contribution in [0.15, 0.2) is 0 Å². The quantitative estimate of drug-likeness (QED) is 0.294. The van der Waals surface area contributed by atoms with E-state index in [1.807, 2.05) is 0 Å². The average Bonchev–Trinajstić information content (AvgIpc) is 2.55. The van der Waals surface area contributed by atoms with Crippen molar-refractivity contribution in [1.82, 2.24) is 0 Å². The number of carboxylic acids is 1. The molecule has 0 aliphatic carbocycles. The van der Waals surface area contributed by atoms with E-state index in [-0.39, 0.29) is 25.6 Å². The molecule has 0 radical (unpaired) electrons. The lowest BCUT2D eigenvalue weighted by Gasteiger charge is -2.19. The third-order valence-corrected chi connectivity index (χ3v) is 4.06. The molecular formula is C20H38O5. The Morgan fingerprint density at radius 2 is 1.52 bits per heavy atom. The maximum Gasteiger partial charge on any atom is 0.306 e. The molecule has 0 heterocycles. The molecule has 0 rings (SSSR count). The molecule has 1 N–H and O–H groups in total. The minimum atomic E-state index is -0.985. The number of aliphatic carboxylic acids is 1. The second kappa shape index (κ2) is 16.4. The van der Waals surface area contributed by atoms with Gasteiger partial charge in [-0.15, -0.1) is 0 Å². The molecule has 1 unspecified atom stereocenters. The maximum atomic E-state index is 11.5. The summed E-state index contributed by atoms with van der Waals surface area (Å²) in [5.74, 6) is -0.991. The lowest BCUT2D eigenvalue weighted by Crippen LogP contribution is -2.24. The van der Waals surface area contributed by atoms with E-state index < -0.39 is 11.9 Å². The number of ether oxygens (including phenoxy) is 2. The van der Waals surface area contributed by atoms with Crippen molar-refractivity contribution in [3.63, 3.8) is 0 Å². The molecule has 0 saturated heterocycles. The Bertz CT molecular complexity index is 341. The van der Waals surface area contributed by atoms with E-state index in [4.69, 9.17) is 14.6 Å². The summed E-state index contributed by atoms with van der Waals surface area (Å²) in [6.07, 6.45) is 10.5. The van der Waals surface area contributed by atoms with Gasteiger partial charge in [0.25, 0.3) is 0 Å². The minimum Gasteiger partial charge on any atom is -0.481 e. The van der Waals surface area contributed by atoms with Crippen LogP contribution in [0.25, 0.3) is 0 Å². The van der Waals surface area contributed by atoms with Gasteiger partial charge in [0.05, 0.1) is 18.9 Å². The number of hydrogen-bond acceptors (Lipinski definition) is 4. The van der Waals surface area contributed by atoms with Crippen molar-refractivity contribution in [2.24, 2.45) is 5.92 Å². The van der Waals surface area contributed by atoms with E-state index in [1.54, 1.807) is 0 Å². The molecule has 5 heteroatoms. The molecule has 0 amide bonds. The fourth-order valence-corrected chi connectivity index (χ4v) is 2.66. The van der Waals surface area contributed by atoms with Gasteiger partial charge in [-0.1, -0.05) is 65.7 Å². The topological polar surface area (TPSA) is 72.8 Å². The first-order valence-electron chi connectivity index (χ1n) is 9.94. The van der Waals surface area contributed by atoms with Gasteiger partial charge in [0, 0.05) is 6.61 Å². The van der Waals surface area contributed by atoms with Crippen molar-refractivity contribution >= 4 is 11.9 Å². The van der Waals surface area contributed by atoms with Gasteiger partial charge in [-0.05, 0) is 18.8 Å². The number of unbranched alkanes of at least 4 members (excludes halogenated alkanes) is 7. The van der Waals surface area contributed by atoms with Crippen LogP contribution in [0.5, 0.6) is 0 Å². The molecule has 0 bridgehead atoms. The summed E-state index contributed by atoms with van der Waals surface area (Å²) in [6, 6.07) is 0. The fourth-order valence-electron chi connectivity index (χ4n) is 2.66. The molecule has 0 aromatic carbocycles. The molecule has 0 aromatic rings. The summed E-state index contributed by atoms with van der Waals surface area (Å²) >= 11 is 0. The lowest BCUT2D eigenvalue weighted by atomic mass is 10.1. The SMILES string of the molecule is CCCCCCCCCCOC(COC(=O)CCC(=O)O)CC(C)C. The van der Waals surface area contributed by atoms with Crippen molar-refractivity contribution in [3.8, 4) is 0 Å². The second-order valence-electron chi connectivity index (χ2n) is 7.17. The predicted molar refractivity (Wildman–Crippen MR) is 99.6 cm³/mol. The van der Waals surface area contributed by atoms with Crippen LogP contribution < -0.4 is 0 Å². The van der Waals surface area contributed by atoms with E-state index in [2.05, 4.69) is 20.8 Å². The van der Waals surface area contributed by atoms with Crippen molar-refractivity contribution in [2.45, 2.75) is 97.5 Å². The first-order chi connectivity index (χ1) is 12.0. The van der Waals surface area contributed by atoms with Crippen LogP contribution in [-0.4, -0.2) is 36.4 Å². The van der Waals surface area contributed by atoms with E-state index in [9.17, 15) is 9.59 Å². The first kappa shape index (κ1) is 23.9. The Morgan fingerprint density at radius 1 is 0.920 bits per heavy atom. The monoisotopic (exact) mass is 358 g/mol. The molecule has 0 saturated carbocycles. The number of hydrogen-bond donors (Lipinski definition) is 1. The molecule has 1 atom stereocenters. The van der Waals surface area contributed by atoms with Gasteiger partial charge in [0.2, 0.25) is 0 Å². The molecule has 0 spiro atoms. The largest absolute Gasteiger partial charge is 0.481 e. The smallest absolute Gasteiger partial charge is 0.306 e. The Balaban J connectivity index is 3.80. The summed E-state index contributed by atoms with van der Waals surface area (Å²) in [7, 11) is 0. The van der Waals surface area contributed by atoms with Gasteiger partial charge < -0.3 is 14.6 Å². The second-order valence-corrected chi connectivity index (χ2v) is 7.17. The Labute approximate surface area is 153 Å². The van der Waals surface area contributed by atoms with Crippen molar-refractivity contribution < 1.29 is 24.2 Å². The highest BCUT2D eigenvalue weighted by Crippen LogP contribution is 2.12. The molecular weight excluding hydrogens is 320 g/mol. The molecule has 0 fully saturated rings. The summed E-state index contributed by atoms with van der Waals surface area (Å²) in [4.78, 5) is 22.0. The van der Waals surface area contributed by atoms with Crippen LogP contribution in [-0.2, 0) is 19.1 Å². The zero-order valence-electron chi connectivity index (χ0n) is 16.4. The fraction of sp³-hybridized carbons (Fsp3) is 0.900. The number of carboxylic acid groups (broad SMARTS) is 1. The zero-order valence-corrected chi connectivity index (χ0v) is 16.4. The highest BCUT2D eigenvalue weighted by molar-refractivity contribution is 5.76. The van der Waals surface area contributed by atoms with Gasteiger partial charge in [-0.3, -0.25) is 9.59 Å². The third kappa shape index (κ3) is 17.5. The standard InChI is InChI=1S/C20H38O5/c1-4-5-6-7-8-9-10-11-14-24-18(15-17(2)3)16-25-20(23)13-12-19(21)22/h17-18H,4-16H2,1-3H3,(H,21,22). The van der Waals surface area contributed by atoms with Crippen LogP contribution in [0.2, 0.25) is 0 Å². The maximum absolute atomic E-state index is 11.5. The van der Waals surface area contributed by atoms with Crippen LogP contribution in [0.1, 0.15) is 91.4 Å². The van der Waals surface area contributed by atoms with E-state index in [0.29, 0.717) is 12.5 Å². The van der Waals surface area contributed by atoms with Crippen LogP contribution in [0.4, 0.5) is 0 Å². The summed E-state index contributed by atoms with van der Waals surface area (Å²) < 4.78 is 11.0. The molecule has 5 nitrogen and oxygen atoms in total. The minimum absolute atomic E-state index is 0.0816. The van der Waals surface area contributed by atoms with E-state index in [0.717, 1.165) is 12.8 Å². The highest BCUT2D eigenvalue weighted by atomic mass is 16.6. The number of carbonyl (C=O) groups is 2. The van der Waals surface area contributed by atoms with E-state index >= 15 is 0 Å². The molecule has 0 aliphatic heterocycles. The van der Waals surface area contributed by atoms with Crippen molar-refractivity contribution in [2.75, 3.05) is 13.2 Å². The van der Waals surface area contributed by atoms with Crippen LogP contribution in [0, 0.1) is 5.92 Å². The van der Waals surface area contributed by atoms with Crippen LogP contribution >= 0.6 is 0 Å². The predicted octanol–water partition coefficient (Wildman–Crippen LogP) is 4.97. The highest BCUT2D eigenvalue weighted by Gasteiger charge is 2.15. The number of esters is 1. The summed E-state index contributed by atoms with van der Waals surface area (Å²) in [5, 5.41) is 8.57. The van der Waals surface area contributed by atoms with Gasteiger partial charge in [0.1, 0.15) is 6.61 Å². The van der Waals surface area contributed by atoms with Crippen molar-refractivity contribution in [1.29, 1.82) is 0 Å². The molecule has 0 aromatic heterocycles.